The quantitative estimate of drug-likeness (QED) is 0.646. The van der Waals surface area contributed by atoms with Crippen molar-refractivity contribution in [2.45, 2.75) is 4.27 Å². The molecule has 0 saturated carbocycles. The third-order valence-electron chi connectivity index (χ3n) is 1.34. The number of hydrogen-bond donors (Lipinski definition) is 0. The van der Waals surface area contributed by atoms with Gasteiger partial charge >= 0.3 is 0 Å². The van der Waals surface area contributed by atoms with Crippen LogP contribution >= 0.6 is 35.1 Å². The van der Waals surface area contributed by atoms with E-state index in [-0.39, 0.29) is 4.27 Å². The van der Waals surface area contributed by atoms with Crippen LogP contribution in [-0.4, -0.2) is 16.8 Å². The van der Waals surface area contributed by atoms with E-state index in [0.29, 0.717) is 0 Å². The number of allylic oxidation sites excluding steroid dienone is 2. The Kier molecular flexibility index (Phi) is 3.22. The summed E-state index contributed by atoms with van der Waals surface area (Å²) in [6.07, 6.45) is 9.28. The number of halogens is 1. The molecule has 11 heavy (non-hydrogen) atoms. The first kappa shape index (κ1) is 9.36. The number of hydrogen-bond acceptors (Lipinski definition) is 3. The molecule has 0 saturated heterocycles. The molecule has 0 aromatic rings. The minimum absolute atomic E-state index is 0.314. The third-order valence-corrected chi connectivity index (χ3v) is 4.14. The molecule has 0 aromatic heterocycles. The summed E-state index contributed by atoms with van der Waals surface area (Å²) in [7, 11) is 0. The Bertz CT molecular complexity index is 197. The number of rotatable bonds is 2. The van der Waals surface area contributed by atoms with Gasteiger partial charge in [0.15, 0.2) is 0 Å². The summed E-state index contributed by atoms with van der Waals surface area (Å²) < 4.78 is 5.11. The molecule has 0 spiro atoms. The van der Waals surface area contributed by atoms with E-state index in [4.69, 9.17) is 16.3 Å². The van der Waals surface area contributed by atoms with Gasteiger partial charge < -0.3 is 4.74 Å². The van der Waals surface area contributed by atoms with Crippen LogP contribution in [0.2, 0.25) is 0 Å². The highest BCUT2D eigenvalue weighted by Gasteiger charge is 2.28. The fourth-order valence-corrected chi connectivity index (χ4v) is 2.54. The van der Waals surface area contributed by atoms with Gasteiger partial charge in [0.25, 0.3) is 0 Å². The highest BCUT2D eigenvalue weighted by Crippen LogP contribution is 2.40. The van der Waals surface area contributed by atoms with Gasteiger partial charge in [-0.3, -0.25) is 0 Å². The summed E-state index contributed by atoms with van der Waals surface area (Å²) in [6.45, 7) is 0. The van der Waals surface area contributed by atoms with Crippen LogP contribution in [0.3, 0.4) is 0 Å². The highest BCUT2D eigenvalue weighted by atomic mass is 35.5. The Morgan fingerprint density at radius 1 is 1.45 bits per heavy atom. The van der Waals surface area contributed by atoms with Gasteiger partial charge in [0.2, 0.25) is 4.27 Å². The zero-order valence-electron chi connectivity index (χ0n) is 6.33. The molecule has 1 rings (SSSR count). The normalized spacial score (nSPS) is 20.8. The monoisotopic (exact) mass is 208 g/mol. The summed E-state index contributed by atoms with van der Waals surface area (Å²) in [5.74, 6) is 0. The second kappa shape index (κ2) is 3.78. The second-order valence-electron chi connectivity index (χ2n) is 1.96. The number of ether oxygens (including phenoxy) is 1. The molecule has 0 amide bonds. The van der Waals surface area contributed by atoms with E-state index in [1.54, 1.807) is 35.9 Å². The molecule has 0 N–H and O–H groups in total. The Morgan fingerprint density at radius 3 is 2.45 bits per heavy atom. The molecule has 62 valence electrons. The topological polar surface area (TPSA) is 9.23 Å². The van der Waals surface area contributed by atoms with Crippen LogP contribution in [0.4, 0.5) is 0 Å². The van der Waals surface area contributed by atoms with Crippen molar-refractivity contribution in [2.75, 3.05) is 12.5 Å². The van der Waals surface area contributed by atoms with Crippen LogP contribution in [-0.2, 0) is 4.74 Å². The van der Waals surface area contributed by atoms with E-state index < -0.39 is 0 Å². The van der Waals surface area contributed by atoms with Gasteiger partial charge in [-0.1, -0.05) is 11.6 Å². The molecule has 0 radical (unpaired) electrons. The molecule has 0 bridgehead atoms. The smallest absolute Gasteiger partial charge is 0.221 e. The van der Waals surface area contributed by atoms with Crippen molar-refractivity contribution >= 4 is 35.1 Å². The molecule has 0 atom stereocenters. The first-order valence-electron chi connectivity index (χ1n) is 3.05. The summed E-state index contributed by atoms with van der Waals surface area (Å²) in [6, 6.07) is 0. The van der Waals surface area contributed by atoms with Crippen LogP contribution in [0, 0.1) is 0 Å². The molecular weight excluding hydrogens is 200 g/mol. The second-order valence-corrected chi connectivity index (χ2v) is 4.69. The van der Waals surface area contributed by atoms with Crippen LogP contribution in [0.1, 0.15) is 0 Å². The lowest BCUT2D eigenvalue weighted by Gasteiger charge is -2.27. The van der Waals surface area contributed by atoms with Crippen molar-refractivity contribution < 1.29 is 4.74 Å². The molecule has 0 aliphatic carbocycles. The molecule has 0 fully saturated rings. The van der Waals surface area contributed by atoms with Crippen molar-refractivity contribution in [3.05, 3.63) is 23.4 Å². The highest BCUT2D eigenvalue weighted by molar-refractivity contribution is 8.17. The van der Waals surface area contributed by atoms with Gasteiger partial charge in [-0.2, -0.15) is 0 Å². The van der Waals surface area contributed by atoms with Gasteiger partial charge in [0, 0.05) is 5.03 Å². The largest absolute Gasteiger partial charge is 0.471 e. The molecule has 1 heterocycles. The SMILES string of the molecule is CSC1(SC)C=C(Cl)C=CO1. The Morgan fingerprint density at radius 2 is 2.09 bits per heavy atom. The molecule has 0 aromatic carbocycles. The lowest BCUT2D eigenvalue weighted by molar-refractivity contribution is 0.230. The Labute approximate surface area is 80.2 Å². The standard InChI is InChI=1S/C7H9ClOS2/c1-10-7(11-2)5-6(8)3-4-9-7/h3-5H,1-2H3. The van der Waals surface area contributed by atoms with Crippen LogP contribution < -0.4 is 0 Å². The molecule has 4 heteroatoms. The zero-order valence-corrected chi connectivity index (χ0v) is 8.72. The molecule has 1 aliphatic rings. The molecule has 1 aliphatic heterocycles. The van der Waals surface area contributed by atoms with Gasteiger partial charge in [-0.25, -0.2) is 0 Å². The first-order chi connectivity index (χ1) is 5.22. The minimum Gasteiger partial charge on any atom is -0.471 e. The van der Waals surface area contributed by atoms with Gasteiger partial charge in [-0.15, -0.1) is 23.5 Å². The predicted octanol–water partition coefficient (Wildman–Crippen LogP) is 3.03. The van der Waals surface area contributed by atoms with Gasteiger partial charge in [0.1, 0.15) is 0 Å². The molecular formula is C7H9ClOS2. The summed E-state index contributed by atoms with van der Waals surface area (Å²) >= 11 is 9.08. The van der Waals surface area contributed by atoms with Crippen LogP contribution in [0.5, 0.6) is 0 Å². The Balaban J connectivity index is 2.80. The molecule has 1 nitrogen and oxygen atoms in total. The summed E-state index contributed by atoms with van der Waals surface area (Å²) in [4.78, 5) is 0. The van der Waals surface area contributed by atoms with Gasteiger partial charge in [0.05, 0.1) is 6.26 Å². The van der Waals surface area contributed by atoms with Crippen molar-refractivity contribution in [1.82, 2.24) is 0 Å². The summed E-state index contributed by atoms with van der Waals surface area (Å²) in [5.41, 5.74) is 0. The van der Waals surface area contributed by atoms with E-state index in [9.17, 15) is 0 Å². The fourth-order valence-electron chi connectivity index (χ4n) is 0.742. The average Bonchev–Trinajstić information content (AvgIpc) is 2.04. The van der Waals surface area contributed by atoms with Crippen LogP contribution in [0.25, 0.3) is 0 Å². The van der Waals surface area contributed by atoms with E-state index in [1.807, 2.05) is 18.6 Å². The third kappa shape index (κ3) is 2.10. The maximum absolute atomic E-state index is 5.83. The fraction of sp³-hybridized carbons (Fsp3) is 0.429. The van der Waals surface area contributed by atoms with E-state index in [2.05, 4.69) is 0 Å². The first-order valence-corrected chi connectivity index (χ1v) is 5.88. The van der Waals surface area contributed by atoms with E-state index in [0.717, 1.165) is 5.03 Å². The average molecular weight is 209 g/mol. The molecule has 0 unspecified atom stereocenters. The minimum atomic E-state index is -0.314. The Hall–Kier alpha value is 0.270. The zero-order chi connectivity index (χ0) is 8.32. The lowest BCUT2D eigenvalue weighted by atomic mass is 10.4. The van der Waals surface area contributed by atoms with Crippen molar-refractivity contribution in [3.63, 3.8) is 0 Å². The lowest BCUT2D eigenvalue weighted by Crippen LogP contribution is -2.20. The van der Waals surface area contributed by atoms with Gasteiger partial charge in [-0.05, 0) is 24.7 Å². The van der Waals surface area contributed by atoms with Crippen molar-refractivity contribution in [3.8, 4) is 0 Å². The maximum atomic E-state index is 5.83. The van der Waals surface area contributed by atoms with E-state index in [1.165, 1.54) is 0 Å². The van der Waals surface area contributed by atoms with Crippen molar-refractivity contribution in [2.24, 2.45) is 0 Å². The van der Waals surface area contributed by atoms with Crippen molar-refractivity contribution in [1.29, 1.82) is 0 Å². The summed E-state index contributed by atoms with van der Waals surface area (Å²) in [5, 5.41) is 0.736. The van der Waals surface area contributed by atoms with E-state index >= 15 is 0 Å². The number of thioether (sulfide) groups is 2. The van der Waals surface area contributed by atoms with Crippen LogP contribution in [0.15, 0.2) is 23.4 Å². The predicted molar refractivity (Wildman–Crippen MR) is 53.9 cm³/mol. The maximum Gasteiger partial charge on any atom is 0.221 e.